The summed E-state index contributed by atoms with van der Waals surface area (Å²) in [5.74, 6) is 1.70. The van der Waals surface area contributed by atoms with E-state index in [1.165, 1.54) is 11.1 Å². The Balaban J connectivity index is 3.62. The Hall–Kier alpha value is -1.35. The number of nitrogens with zero attached hydrogens (tertiary/aromatic N) is 1. The van der Waals surface area contributed by atoms with E-state index < -0.39 is 16.6 Å². The number of aryl methyl sites for hydroxylation is 1. The van der Waals surface area contributed by atoms with Crippen LogP contribution in [0.1, 0.15) is 50.3 Å². The number of hydrogen-bond donors (Lipinski definition) is 0. The molecular formula is C27H49NO3Si2. The lowest BCUT2D eigenvalue weighted by Gasteiger charge is -2.34. The molecule has 1 unspecified atom stereocenters. The van der Waals surface area contributed by atoms with E-state index in [-0.39, 0.29) is 5.60 Å². The second kappa shape index (κ2) is 11.9. The van der Waals surface area contributed by atoms with Gasteiger partial charge in [-0.05, 0) is 105 Å². The molecule has 0 saturated heterocycles. The van der Waals surface area contributed by atoms with Crippen LogP contribution in [0.2, 0.25) is 39.3 Å². The zero-order valence-electron chi connectivity index (χ0n) is 23.6. The van der Waals surface area contributed by atoms with E-state index in [9.17, 15) is 0 Å². The van der Waals surface area contributed by atoms with Crippen LogP contribution in [0.5, 0.6) is 11.5 Å². The highest BCUT2D eigenvalue weighted by molar-refractivity contribution is 6.70. The second-order valence-corrected chi connectivity index (χ2v) is 20.6. The van der Waals surface area contributed by atoms with Crippen molar-refractivity contribution < 1.29 is 13.6 Å². The summed E-state index contributed by atoms with van der Waals surface area (Å²) in [6.07, 6.45) is 8.68. The van der Waals surface area contributed by atoms with Crippen molar-refractivity contribution in [1.82, 2.24) is 4.90 Å². The molecule has 0 bridgehead atoms. The Morgan fingerprint density at radius 3 is 2.09 bits per heavy atom. The molecule has 33 heavy (non-hydrogen) atoms. The van der Waals surface area contributed by atoms with Crippen LogP contribution in [0.15, 0.2) is 23.8 Å². The van der Waals surface area contributed by atoms with Gasteiger partial charge in [-0.15, -0.1) is 0 Å². The van der Waals surface area contributed by atoms with Crippen molar-refractivity contribution in [2.75, 3.05) is 21.2 Å². The van der Waals surface area contributed by atoms with Crippen LogP contribution in [0.3, 0.4) is 0 Å². The van der Waals surface area contributed by atoms with Crippen LogP contribution in [0.25, 0.3) is 6.08 Å². The molecule has 1 aromatic rings. The average Bonchev–Trinajstić information content (AvgIpc) is 2.59. The highest BCUT2D eigenvalue weighted by Gasteiger charge is 2.30. The topological polar surface area (TPSA) is 30.9 Å². The number of allylic oxidation sites excluding steroid dienone is 2. The quantitative estimate of drug-likeness (QED) is 0.222. The number of benzene rings is 1. The van der Waals surface area contributed by atoms with Gasteiger partial charge in [0.05, 0.1) is 12.7 Å². The van der Waals surface area contributed by atoms with E-state index >= 15 is 0 Å². The molecule has 0 aromatic heterocycles. The maximum Gasteiger partial charge on any atom is 0.242 e. The minimum Gasteiger partial charge on any atom is -0.542 e. The van der Waals surface area contributed by atoms with Gasteiger partial charge in [0.2, 0.25) is 8.32 Å². The molecule has 0 heterocycles. The molecule has 0 aliphatic carbocycles. The van der Waals surface area contributed by atoms with Crippen LogP contribution >= 0.6 is 0 Å². The van der Waals surface area contributed by atoms with Gasteiger partial charge in [-0.2, -0.15) is 0 Å². The average molecular weight is 492 g/mol. The molecule has 0 aliphatic heterocycles. The zero-order chi connectivity index (χ0) is 25.6. The van der Waals surface area contributed by atoms with Crippen LogP contribution in [-0.2, 0) is 11.0 Å². The van der Waals surface area contributed by atoms with Crippen molar-refractivity contribution in [2.45, 2.75) is 92.0 Å². The van der Waals surface area contributed by atoms with Gasteiger partial charge in [-0.25, -0.2) is 0 Å². The summed E-state index contributed by atoms with van der Waals surface area (Å²) in [5, 5.41) is 0. The zero-order valence-corrected chi connectivity index (χ0v) is 25.6. The molecule has 0 N–H and O–H groups in total. The van der Waals surface area contributed by atoms with Gasteiger partial charge >= 0.3 is 0 Å². The Morgan fingerprint density at radius 1 is 1.03 bits per heavy atom. The van der Waals surface area contributed by atoms with Crippen LogP contribution in [-0.4, -0.2) is 48.3 Å². The third-order valence-electron chi connectivity index (χ3n) is 4.98. The molecular weight excluding hydrogens is 442 g/mol. The summed E-state index contributed by atoms with van der Waals surface area (Å²) < 4.78 is 19.2. The third-order valence-corrected chi connectivity index (χ3v) is 6.88. The van der Waals surface area contributed by atoms with Crippen molar-refractivity contribution >= 4 is 22.7 Å². The second-order valence-electron chi connectivity index (χ2n) is 11.8. The predicted molar refractivity (Wildman–Crippen MR) is 150 cm³/mol. The lowest BCUT2D eigenvalue weighted by molar-refractivity contribution is 0.124. The predicted octanol–water partition coefficient (Wildman–Crippen LogP) is 7.65. The first kappa shape index (κ1) is 29.7. The largest absolute Gasteiger partial charge is 0.542 e. The van der Waals surface area contributed by atoms with Crippen molar-refractivity contribution in [1.29, 1.82) is 0 Å². The summed E-state index contributed by atoms with van der Waals surface area (Å²) in [7, 11) is 2.38. The van der Waals surface area contributed by atoms with Gasteiger partial charge in [0.25, 0.3) is 0 Å². The summed E-state index contributed by atoms with van der Waals surface area (Å²) >= 11 is 0. The highest BCUT2D eigenvalue weighted by atomic mass is 28.4. The number of hydrogen-bond acceptors (Lipinski definition) is 4. The van der Waals surface area contributed by atoms with Crippen molar-refractivity contribution in [2.24, 2.45) is 0 Å². The molecule has 1 rings (SSSR count). The molecule has 0 radical (unpaired) electrons. The molecule has 1 atom stereocenters. The molecule has 0 saturated carbocycles. The first-order valence-corrected chi connectivity index (χ1v) is 18.8. The minimum atomic E-state index is -1.81. The Kier molecular flexibility index (Phi) is 10.7. The highest BCUT2D eigenvalue weighted by Crippen LogP contribution is 2.40. The summed E-state index contributed by atoms with van der Waals surface area (Å²) in [6, 6.07) is 2.25. The maximum atomic E-state index is 6.71. The summed E-state index contributed by atoms with van der Waals surface area (Å²) in [4.78, 5) is 2.19. The van der Waals surface area contributed by atoms with Crippen LogP contribution in [0.4, 0.5) is 0 Å². The fourth-order valence-corrected chi connectivity index (χ4v) is 6.35. The molecule has 0 fully saturated rings. The molecule has 1 aromatic carbocycles. The minimum absolute atomic E-state index is 0.346. The van der Waals surface area contributed by atoms with E-state index in [2.05, 4.69) is 110 Å². The van der Waals surface area contributed by atoms with Crippen LogP contribution in [0, 0.1) is 6.92 Å². The molecule has 6 heteroatoms. The maximum absolute atomic E-state index is 6.71. The van der Waals surface area contributed by atoms with Gasteiger partial charge in [0.15, 0.2) is 14.1 Å². The van der Waals surface area contributed by atoms with E-state index in [1.54, 1.807) is 7.11 Å². The van der Waals surface area contributed by atoms with E-state index in [0.717, 1.165) is 42.0 Å². The van der Waals surface area contributed by atoms with Gasteiger partial charge in [0.1, 0.15) is 5.75 Å². The molecule has 4 nitrogen and oxygen atoms in total. The Labute approximate surface area is 206 Å². The lowest BCUT2D eigenvalue weighted by Crippen LogP contribution is -2.39. The normalized spacial score (nSPS) is 14.5. The van der Waals surface area contributed by atoms with E-state index in [4.69, 9.17) is 13.6 Å². The Bertz CT molecular complexity index is 844. The smallest absolute Gasteiger partial charge is 0.242 e. The summed E-state index contributed by atoms with van der Waals surface area (Å²) in [6.45, 7) is 22.8. The molecule has 0 amide bonds. The number of methoxy groups -OCH3 is 1. The molecule has 0 aliphatic rings. The number of rotatable bonds is 12. The van der Waals surface area contributed by atoms with Crippen molar-refractivity contribution in [3.63, 3.8) is 0 Å². The monoisotopic (exact) mass is 491 g/mol. The first-order valence-electron chi connectivity index (χ1n) is 12.0. The molecule has 0 spiro atoms. The van der Waals surface area contributed by atoms with Gasteiger partial charge in [0, 0.05) is 12.1 Å². The lowest BCUT2D eigenvalue weighted by atomic mass is 9.95. The fraction of sp³-hybridized carbons (Fsp3) is 0.630. The van der Waals surface area contributed by atoms with Gasteiger partial charge < -0.3 is 18.5 Å². The van der Waals surface area contributed by atoms with Gasteiger partial charge in [-0.3, -0.25) is 0 Å². The fourth-order valence-electron chi connectivity index (χ4n) is 3.92. The van der Waals surface area contributed by atoms with E-state index in [0.29, 0.717) is 0 Å². The molecule has 188 valence electrons. The summed E-state index contributed by atoms with van der Waals surface area (Å²) in [5.41, 5.74) is 4.43. The first-order chi connectivity index (χ1) is 15.0. The van der Waals surface area contributed by atoms with Crippen LogP contribution < -0.4 is 9.16 Å². The van der Waals surface area contributed by atoms with Crippen molar-refractivity contribution in [3.05, 3.63) is 40.5 Å². The SMILES string of the molecule is COc1c(/C=C/C(C)(CCC=C(C)C)O[Si](C)(C)C)c(CN(C)C)cc(C)c1O[Si](C)(C)C. The standard InChI is InChI=1S/C27H49NO3Si2/c1-21(2)15-14-17-27(4,31-33(11,12)13)18-16-24-23(20-28(5)6)19-22(3)25(26(24)29-7)30-32(8,9)10/h15-16,18-19H,14,17,20H2,1-13H3/b18-16+. The third kappa shape index (κ3) is 10.6. The van der Waals surface area contributed by atoms with E-state index in [1.807, 2.05) is 0 Å². The number of ether oxygens (including phenoxy) is 1. The van der Waals surface area contributed by atoms with Gasteiger partial charge in [-0.1, -0.05) is 29.9 Å². The Morgan fingerprint density at radius 2 is 1.64 bits per heavy atom. The van der Waals surface area contributed by atoms with Crippen molar-refractivity contribution in [3.8, 4) is 11.5 Å².